The molecule has 3 aliphatic carbocycles. The van der Waals surface area contributed by atoms with Gasteiger partial charge in [-0.3, -0.25) is 4.79 Å². The van der Waals surface area contributed by atoms with E-state index in [1.54, 1.807) is 5.56 Å². The van der Waals surface area contributed by atoms with E-state index < -0.39 is 0 Å². The largest absolute Gasteiger partial charge is 0.512 e. The van der Waals surface area contributed by atoms with Gasteiger partial charge in [-0.2, -0.15) is 0 Å². The third kappa shape index (κ3) is 7.61. The molecule has 1 aromatic heterocycles. The van der Waals surface area contributed by atoms with Gasteiger partial charge in [0, 0.05) is 44.2 Å². The number of benzene rings is 2. The molecule has 1 heterocycles. The fourth-order valence-electron chi connectivity index (χ4n) is 7.34. The molecule has 229 valence electrons. The second-order valence-electron chi connectivity index (χ2n) is 12.6. The van der Waals surface area contributed by atoms with Crippen molar-refractivity contribution in [1.82, 2.24) is 4.98 Å². The third-order valence-electron chi connectivity index (χ3n) is 9.96. The summed E-state index contributed by atoms with van der Waals surface area (Å²) in [5, 5.41) is 12.5. The summed E-state index contributed by atoms with van der Waals surface area (Å²) < 4.78 is 0. The molecule has 3 fully saturated rings. The van der Waals surface area contributed by atoms with E-state index in [0.717, 1.165) is 42.9 Å². The number of nitrogens with zero attached hydrogens (tertiary/aromatic N) is 1. The molecule has 3 aliphatic rings. The maximum Gasteiger partial charge on any atom is 0.162 e. The maximum atomic E-state index is 11.7. The zero-order valence-electron chi connectivity index (χ0n) is 26.6. The van der Waals surface area contributed by atoms with Crippen molar-refractivity contribution in [2.45, 2.75) is 111 Å². The number of carbonyl (C=O) groups is 1. The summed E-state index contributed by atoms with van der Waals surface area (Å²) in [6.45, 7) is 12.3. The summed E-state index contributed by atoms with van der Waals surface area (Å²) in [6, 6.07) is 17.1. The molecule has 4 heteroatoms. The topological polar surface area (TPSA) is 50.2 Å². The molecule has 0 unspecified atom stereocenters. The van der Waals surface area contributed by atoms with Crippen LogP contribution < -0.4 is 0 Å². The van der Waals surface area contributed by atoms with Gasteiger partial charge in [0.1, 0.15) is 0 Å². The molecule has 3 aromatic rings. The quantitative estimate of drug-likeness (QED) is 0.135. The van der Waals surface area contributed by atoms with Gasteiger partial charge in [0.2, 0.25) is 0 Å². The van der Waals surface area contributed by atoms with Crippen LogP contribution in [-0.2, 0) is 30.3 Å². The van der Waals surface area contributed by atoms with Gasteiger partial charge >= 0.3 is 0 Å². The molecular weight excluding hydrogens is 695 g/mol. The van der Waals surface area contributed by atoms with E-state index in [1.807, 2.05) is 33.9 Å². The van der Waals surface area contributed by atoms with E-state index >= 15 is 0 Å². The molecule has 0 spiro atoms. The molecule has 0 atom stereocenters. The predicted octanol–water partition coefficient (Wildman–Crippen LogP) is 10.4. The van der Waals surface area contributed by atoms with Crippen LogP contribution in [0.25, 0.3) is 22.0 Å². The molecule has 2 bridgehead atoms. The van der Waals surface area contributed by atoms with Crippen LogP contribution in [0.4, 0.5) is 0 Å². The van der Waals surface area contributed by atoms with E-state index in [2.05, 4.69) is 56.3 Å². The first kappa shape index (κ1) is 34.2. The zero-order valence-corrected chi connectivity index (χ0v) is 29.0. The molecule has 3 saturated carbocycles. The second-order valence-corrected chi connectivity index (χ2v) is 12.6. The van der Waals surface area contributed by atoms with Crippen molar-refractivity contribution >= 4 is 16.6 Å². The van der Waals surface area contributed by atoms with Gasteiger partial charge < -0.3 is 10.1 Å². The van der Waals surface area contributed by atoms with E-state index in [0.29, 0.717) is 5.41 Å². The molecule has 3 nitrogen and oxygen atoms in total. The molecule has 2 aromatic carbocycles. The van der Waals surface area contributed by atoms with Gasteiger partial charge in [-0.15, -0.1) is 34.9 Å². The first-order chi connectivity index (χ1) is 19.7. The predicted molar refractivity (Wildman–Crippen MR) is 172 cm³/mol. The summed E-state index contributed by atoms with van der Waals surface area (Å²) in [7, 11) is 0. The Balaban J connectivity index is 0.000000263. The number of fused-ring (bicyclic) bond motifs is 4. The van der Waals surface area contributed by atoms with Crippen molar-refractivity contribution in [3.8, 4) is 11.3 Å². The van der Waals surface area contributed by atoms with Crippen molar-refractivity contribution in [3.05, 3.63) is 77.2 Å². The smallest absolute Gasteiger partial charge is 0.162 e. The van der Waals surface area contributed by atoms with Crippen LogP contribution in [0.1, 0.15) is 109 Å². The summed E-state index contributed by atoms with van der Waals surface area (Å²) in [6.07, 6.45) is 15.2. The molecule has 1 N–H and O–H groups in total. The zero-order chi connectivity index (χ0) is 29.6. The minimum atomic E-state index is 0. The Bertz CT molecular complexity index is 1330. The SMILES string of the molecule is CCC(CC)C(=O)/C=C(\O)C(CC)CC.Cc1[c-]c(-c2nccc3c(C45CCC(CC4)CC5)cccc23)cc(C)c1.[Ir]. The van der Waals surface area contributed by atoms with E-state index in [4.69, 9.17) is 4.98 Å². The number of allylic oxidation sites excluding steroid dienone is 2. The van der Waals surface area contributed by atoms with E-state index in [9.17, 15) is 9.90 Å². The number of aromatic nitrogens is 1. The number of rotatable bonds is 9. The van der Waals surface area contributed by atoms with Gasteiger partial charge in [-0.1, -0.05) is 59.7 Å². The monoisotopic (exact) mass is 745 g/mol. The van der Waals surface area contributed by atoms with Crippen molar-refractivity contribution in [2.24, 2.45) is 17.8 Å². The van der Waals surface area contributed by atoms with E-state index in [-0.39, 0.29) is 43.5 Å². The van der Waals surface area contributed by atoms with E-state index in [1.165, 1.54) is 66.5 Å². The fourth-order valence-corrected chi connectivity index (χ4v) is 7.34. The standard InChI is InChI=1S/C25H26N.C13H24O2.Ir/c1-17-14-18(2)16-20(15-17)24-22-4-3-5-23(21(22)9-13-26-24)25-10-6-19(7-11-25)8-12-25;1-5-10(6-2)12(14)9-13(15)11(7-3)8-4;/h3-5,9,13-15,19H,6-8,10-12H2,1-2H3;9-11,14H,5-8H2,1-4H3;/q-1;;/b;12-9-;. The van der Waals surface area contributed by atoms with Crippen molar-refractivity contribution in [3.63, 3.8) is 0 Å². The van der Waals surface area contributed by atoms with Gasteiger partial charge in [0.25, 0.3) is 0 Å². The van der Waals surface area contributed by atoms with Gasteiger partial charge in [0.15, 0.2) is 5.78 Å². The Morgan fingerprint density at radius 1 is 0.952 bits per heavy atom. The Hall–Kier alpha value is -2.29. The van der Waals surface area contributed by atoms with Crippen molar-refractivity contribution in [2.75, 3.05) is 0 Å². The van der Waals surface area contributed by atoms with Crippen molar-refractivity contribution < 1.29 is 30.0 Å². The summed E-state index contributed by atoms with van der Waals surface area (Å²) in [5.41, 5.74) is 6.63. The normalized spacial score (nSPS) is 19.9. The summed E-state index contributed by atoms with van der Waals surface area (Å²) >= 11 is 0. The number of aryl methyl sites for hydroxylation is 2. The average molecular weight is 745 g/mol. The van der Waals surface area contributed by atoms with Crippen LogP contribution in [0.15, 0.2) is 54.4 Å². The minimum absolute atomic E-state index is 0. The number of carbonyl (C=O) groups excluding carboxylic acids is 1. The molecule has 6 rings (SSSR count). The van der Waals surface area contributed by atoms with Gasteiger partial charge in [-0.25, -0.2) is 0 Å². The Morgan fingerprint density at radius 2 is 1.57 bits per heavy atom. The summed E-state index contributed by atoms with van der Waals surface area (Å²) in [4.78, 5) is 16.5. The Morgan fingerprint density at radius 3 is 2.14 bits per heavy atom. The van der Waals surface area contributed by atoms with Crippen LogP contribution in [0, 0.1) is 37.7 Å². The molecule has 0 saturated heterocycles. The number of hydrogen-bond acceptors (Lipinski definition) is 3. The van der Waals surface area contributed by atoms with Gasteiger partial charge in [0.05, 0.1) is 5.76 Å². The first-order valence-electron chi connectivity index (χ1n) is 16.1. The van der Waals surface area contributed by atoms with Crippen LogP contribution in [0.3, 0.4) is 0 Å². The van der Waals surface area contributed by atoms with Crippen LogP contribution in [-0.4, -0.2) is 15.9 Å². The molecule has 0 amide bonds. The molecular formula is C38H50IrNO2-. The average Bonchev–Trinajstić information content (AvgIpc) is 2.98. The maximum absolute atomic E-state index is 11.7. The molecule has 0 aliphatic heterocycles. The number of ketones is 1. The Kier molecular flexibility index (Phi) is 12.6. The number of aliphatic hydroxyl groups is 1. The number of pyridine rings is 1. The van der Waals surface area contributed by atoms with Crippen LogP contribution in [0.5, 0.6) is 0 Å². The van der Waals surface area contributed by atoms with Crippen LogP contribution >= 0.6 is 0 Å². The minimum Gasteiger partial charge on any atom is -0.512 e. The summed E-state index contributed by atoms with van der Waals surface area (Å²) in [5.74, 6) is 1.54. The number of aliphatic hydroxyl groups excluding tert-OH is 1. The first-order valence-corrected chi connectivity index (χ1v) is 16.1. The second kappa shape index (κ2) is 15.4. The Labute approximate surface area is 268 Å². The number of hydrogen-bond donors (Lipinski definition) is 1. The van der Waals surface area contributed by atoms with Crippen LogP contribution in [0.2, 0.25) is 0 Å². The van der Waals surface area contributed by atoms with Gasteiger partial charge in [-0.05, 0) is 104 Å². The fraction of sp³-hybridized carbons (Fsp3) is 0.526. The molecule has 1 radical (unpaired) electrons. The van der Waals surface area contributed by atoms with Crippen molar-refractivity contribution in [1.29, 1.82) is 0 Å². The molecule has 42 heavy (non-hydrogen) atoms. The third-order valence-corrected chi connectivity index (χ3v) is 9.96.